The average molecular weight is 647 g/mol. The Morgan fingerprint density at radius 3 is 1.69 bits per heavy atom. The quantitative estimate of drug-likeness (QED) is 0.139. The van der Waals surface area contributed by atoms with E-state index in [0.717, 1.165) is 88.6 Å². The van der Waals surface area contributed by atoms with Crippen LogP contribution in [0, 0.1) is 6.92 Å². The van der Waals surface area contributed by atoms with Gasteiger partial charge in [-0.1, -0.05) is 54.1 Å². The minimum absolute atomic E-state index is 0.722. The molecule has 0 N–H and O–H groups in total. The lowest BCUT2D eigenvalue weighted by atomic mass is 10.00. The fourth-order valence-corrected chi connectivity index (χ4v) is 6.78. The first kappa shape index (κ1) is 29.8. The number of para-hydroxylation sites is 2. The van der Waals surface area contributed by atoms with Crippen molar-refractivity contribution >= 4 is 67.1 Å². The molecule has 0 fully saturated rings. The van der Waals surface area contributed by atoms with E-state index in [1.54, 1.807) is 0 Å². The van der Waals surface area contributed by atoms with Crippen LogP contribution in [0.4, 0.5) is 11.4 Å². The summed E-state index contributed by atoms with van der Waals surface area (Å²) in [6, 6.07) is 42.5. The van der Waals surface area contributed by atoms with Crippen LogP contribution in [0.25, 0.3) is 66.6 Å². The minimum Gasteiger partial charge on any atom is -0.377 e. The Morgan fingerprint density at radius 1 is 0.521 bits per heavy atom. The Kier molecular flexibility index (Phi) is 7.19. The van der Waals surface area contributed by atoms with E-state index >= 15 is 0 Å². The average Bonchev–Trinajstić information content (AvgIpc) is 3.10. The summed E-state index contributed by atoms with van der Waals surface area (Å²) < 4.78 is 4.59. The third kappa shape index (κ3) is 4.97. The lowest BCUT2D eigenvalue weighted by molar-refractivity contribution is -0.538. The molecule has 0 spiro atoms. The fourth-order valence-electron chi connectivity index (χ4n) is 6.62. The third-order valence-corrected chi connectivity index (χ3v) is 9.47. The van der Waals surface area contributed by atoms with E-state index in [9.17, 15) is 0 Å². The molecule has 0 saturated heterocycles. The molecule has 6 nitrogen and oxygen atoms in total. The van der Waals surface area contributed by atoms with Gasteiger partial charge in [0, 0.05) is 88.0 Å². The van der Waals surface area contributed by atoms with Gasteiger partial charge in [0.15, 0.2) is 0 Å². The number of nitrogens with zero attached hydrogens (tertiary/aromatic N) is 6. The molecule has 6 aromatic carbocycles. The molecule has 0 amide bonds. The van der Waals surface area contributed by atoms with Gasteiger partial charge in [-0.2, -0.15) is 0 Å². The topological polar surface area (TPSA) is 40.0 Å². The maximum atomic E-state index is 6.69. The molecule has 0 saturated carbocycles. The normalized spacial score (nSPS) is 11.5. The summed E-state index contributed by atoms with van der Waals surface area (Å²) in [6.45, 7) is 2.03. The van der Waals surface area contributed by atoms with E-state index in [1.165, 1.54) is 0 Å². The van der Waals surface area contributed by atoms with Crippen LogP contribution < -0.4 is 18.9 Å². The molecule has 0 radical (unpaired) electrons. The van der Waals surface area contributed by atoms with Crippen molar-refractivity contribution in [1.82, 2.24) is 9.97 Å². The van der Waals surface area contributed by atoms with E-state index in [2.05, 4.69) is 156 Å². The SMILES string of the molecule is Cc1cc2nc3cc(-c4ccc5nc6ccc(N(C)C)cc6[n+](-c6ccccc6)c5c4)c(N(C)C)cc3[n+](-c3ccccc3)c2cc1Cl. The van der Waals surface area contributed by atoms with Gasteiger partial charge in [0.25, 0.3) is 0 Å². The Hall–Kier alpha value is -5.59. The highest BCUT2D eigenvalue weighted by molar-refractivity contribution is 6.32. The van der Waals surface area contributed by atoms with Crippen LogP contribution >= 0.6 is 11.6 Å². The number of anilines is 2. The van der Waals surface area contributed by atoms with E-state index in [0.29, 0.717) is 0 Å². The van der Waals surface area contributed by atoms with Gasteiger partial charge in [0.1, 0.15) is 22.1 Å². The van der Waals surface area contributed by atoms with Crippen LogP contribution in [-0.4, -0.2) is 38.2 Å². The smallest absolute Gasteiger partial charge is 0.239 e. The molecule has 2 heterocycles. The Labute approximate surface area is 284 Å². The molecular weight excluding hydrogens is 612 g/mol. The predicted octanol–water partition coefficient (Wildman–Crippen LogP) is 8.40. The highest BCUT2D eigenvalue weighted by Crippen LogP contribution is 2.36. The largest absolute Gasteiger partial charge is 0.377 e. The number of fused-ring (bicyclic) bond motifs is 4. The standard InChI is InChI=1S/C41H35ClN6/c1-26-20-35-40(24-32(26)42)48(29-14-10-7-11-15-29)41-25-37(46(4)5)31(23-36(41)44-35)27-16-18-33-38(21-27)47(28-12-8-6-9-13-28)39-22-30(45(2)3)17-19-34(39)43-33/h6-25H,1-5H3/q+2. The number of aryl methyl sites for hydroxylation is 1. The lowest BCUT2D eigenvalue weighted by Crippen LogP contribution is -2.33. The van der Waals surface area contributed by atoms with Crippen molar-refractivity contribution in [2.24, 2.45) is 0 Å². The molecule has 8 rings (SSSR count). The van der Waals surface area contributed by atoms with Gasteiger partial charge >= 0.3 is 0 Å². The fraction of sp³-hybridized carbons (Fsp3) is 0.122. The van der Waals surface area contributed by atoms with Crippen molar-refractivity contribution in [2.75, 3.05) is 38.0 Å². The van der Waals surface area contributed by atoms with Crippen molar-refractivity contribution in [3.63, 3.8) is 0 Å². The number of rotatable bonds is 5. The van der Waals surface area contributed by atoms with Gasteiger partial charge < -0.3 is 9.80 Å². The van der Waals surface area contributed by atoms with Crippen molar-refractivity contribution in [1.29, 1.82) is 0 Å². The van der Waals surface area contributed by atoms with Crippen LogP contribution in [0.15, 0.2) is 121 Å². The predicted molar refractivity (Wildman–Crippen MR) is 199 cm³/mol. The van der Waals surface area contributed by atoms with E-state index in [4.69, 9.17) is 21.6 Å². The van der Waals surface area contributed by atoms with Crippen LogP contribution in [0.3, 0.4) is 0 Å². The Bertz CT molecular complexity index is 2530. The zero-order valence-corrected chi connectivity index (χ0v) is 28.4. The first-order chi connectivity index (χ1) is 23.3. The van der Waals surface area contributed by atoms with E-state index in [-0.39, 0.29) is 0 Å². The van der Waals surface area contributed by atoms with Gasteiger partial charge in [0.2, 0.25) is 33.4 Å². The highest BCUT2D eigenvalue weighted by atomic mass is 35.5. The summed E-state index contributed by atoms with van der Waals surface area (Å²) in [5, 5.41) is 0.722. The van der Waals surface area contributed by atoms with Crippen LogP contribution in [0.2, 0.25) is 5.02 Å². The second kappa shape index (κ2) is 11.6. The van der Waals surface area contributed by atoms with Crippen molar-refractivity contribution < 1.29 is 9.13 Å². The molecular formula is C41H35ClN6+2. The second-order valence-corrected chi connectivity index (χ2v) is 13.1. The van der Waals surface area contributed by atoms with Gasteiger partial charge in [-0.05, 0) is 48.4 Å². The van der Waals surface area contributed by atoms with Gasteiger partial charge in [-0.3, -0.25) is 0 Å². The highest BCUT2D eigenvalue weighted by Gasteiger charge is 2.25. The number of benzene rings is 6. The Balaban J connectivity index is 1.44. The molecule has 2 aromatic heterocycles. The molecule has 48 heavy (non-hydrogen) atoms. The number of hydrogen-bond donors (Lipinski definition) is 0. The van der Waals surface area contributed by atoms with E-state index in [1.807, 2.05) is 19.1 Å². The van der Waals surface area contributed by atoms with Gasteiger partial charge in [-0.15, -0.1) is 9.13 Å². The zero-order valence-electron chi connectivity index (χ0n) is 27.6. The molecule has 0 aliphatic heterocycles. The van der Waals surface area contributed by atoms with Crippen molar-refractivity contribution in [3.05, 3.63) is 132 Å². The van der Waals surface area contributed by atoms with Gasteiger partial charge in [0.05, 0.1) is 10.7 Å². The molecule has 0 bridgehead atoms. The molecule has 0 atom stereocenters. The first-order valence-corrected chi connectivity index (χ1v) is 16.4. The van der Waals surface area contributed by atoms with Gasteiger partial charge in [-0.25, -0.2) is 9.97 Å². The summed E-state index contributed by atoms with van der Waals surface area (Å²) in [5.74, 6) is 0. The molecule has 8 aromatic rings. The van der Waals surface area contributed by atoms with Crippen molar-refractivity contribution in [2.45, 2.75) is 6.92 Å². The summed E-state index contributed by atoms with van der Waals surface area (Å²) in [7, 11) is 8.32. The van der Waals surface area contributed by atoms with Crippen LogP contribution in [0.5, 0.6) is 0 Å². The van der Waals surface area contributed by atoms with Crippen LogP contribution in [0.1, 0.15) is 5.56 Å². The van der Waals surface area contributed by atoms with Crippen molar-refractivity contribution in [3.8, 4) is 22.5 Å². The van der Waals surface area contributed by atoms with E-state index < -0.39 is 0 Å². The third-order valence-electron chi connectivity index (χ3n) is 9.07. The monoisotopic (exact) mass is 646 g/mol. The molecule has 0 aliphatic rings. The Morgan fingerprint density at radius 2 is 1.06 bits per heavy atom. The lowest BCUT2D eigenvalue weighted by Gasteiger charge is -2.19. The summed E-state index contributed by atoms with van der Waals surface area (Å²) in [4.78, 5) is 14.7. The minimum atomic E-state index is 0.722. The first-order valence-electron chi connectivity index (χ1n) is 16.0. The maximum absolute atomic E-state index is 6.69. The molecule has 7 heteroatoms. The second-order valence-electron chi connectivity index (χ2n) is 12.7. The van der Waals surface area contributed by atoms with Crippen LogP contribution in [-0.2, 0) is 0 Å². The molecule has 0 aliphatic carbocycles. The summed E-state index contributed by atoms with van der Waals surface area (Å²) in [5.41, 5.74) is 15.2. The number of hydrogen-bond acceptors (Lipinski definition) is 4. The summed E-state index contributed by atoms with van der Waals surface area (Å²) >= 11 is 6.69. The zero-order chi connectivity index (χ0) is 33.1. The summed E-state index contributed by atoms with van der Waals surface area (Å²) in [6.07, 6.45) is 0. The maximum Gasteiger partial charge on any atom is 0.239 e. The molecule has 234 valence electrons. The number of halogens is 1. The number of aromatic nitrogens is 4. The molecule has 0 unspecified atom stereocenters.